The molecule has 1 aliphatic heterocycles. The fourth-order valence-electron chi connectivity index (χ4n) is 2.09. The zero-order chi connectivity index (χ0) is 13.8. The SMILES string of the molecule is COc1ccnc(N2CCN([C@@H](C)C(N)=O)CC2)n1. The van der Waals surface area contributed by atoms with Gasteiger partial charge in [0.15, 0.2) is 0 Å². The topological polar surface area (TPSA) is 84.6 Å². The summed E-state index contributed by atoms with van der Waals surface area (Å²) in [5.74, 6) is 0.926. The van der Waals surface area contributed by atoms with E-state index in [4.69, 9.17) is 10.5 Å². The molecule has 1 atom stereocenters. The van der Waals surface area contributed by atoms with Crippen LogP contribution in [0, 0.1) is 0 Å². The first kappa shape index (κ1) is 13.5. The van der Waals surface area contributed by atoms with Crippen molar-refractivity contribution in [2.24, 2.45) is 5.73 Å². The summed E-state index contributed by atoms with van der Waals surface area (Å²) in [4.78, 5) is 23.8. The van der Waals surface area contributed by atoms with Crippen LogP contribution >= 0.6 is 0 Å². The van der Waals surface area contributed by atoms with E-state index in [1.54, 1.807) is 19.4 Å². The zero-order valence-electron chi connectivity index (χ0n) is 11.2. The lowest BCUT2D eigenvalue weighted by Gasteiger charge is -2.36. The number of carbonyl (C=O) groups excluding carboxylic acids is 1. The molecule has 2 heterocycles. The molecule has 0 aliphatic carbocycles. The second-order valence-electron chi connectivity index (χ2n) is 4.50. The Morgan fingerprint density at radius 3 is 2.68 bits per heavy atom. The first-order valence-electron chi connectivity index (χ1n) is 6.27. The molecule has 1 saturated heterocycles. The molecular weight excluding hydrogens is 246 g/mol. The summed E-state index contributed by atoms with van der Waals surface area (Å²) in [6, 6.07) is 1.49. The van der Waals surface area contributed by atoms with Crippen molar-refractivity contribution in [3.8, 4) is 5.88 Å². The number of aromatic nitrogens is 2. The number of methoxy groups -OCH3 is 1. The van der Waals surface area contributed by atoms with Crippen LogP contribution in [0.3, 0.4) is 0 Å². The normalized spacial score (nSPS) is 18.1. The van der Waals surface area contributed by atoms with Crippen LogP contribution in [0.1, 0.15) is 6.92 Å². The maximum atomic E-state index is 11.2. The smallest absolute Gasteiger partial charge is 0.234 e. The largest absolute Gasteiger partial charge is 0.481 e. The Kier molecular flexibility index (Phi) is 4.16. The Labute approximate surface area is 112 Å². The van der Waals surface area contributed by atoms with Gasteiger partial charge < -0.3 is 15.4 Å². The highest BCUT2D eigenvalue weighted by Crippen LogP contribution is 2.15. The van der Waals surface area contributed by atoms with Crippen LogP contribution in [0.15, 0.2) is 12.3 Å². The fraction of sp³-hybridized carbons (Fsp3) is 0.583. The molecule has 7 heteroatoms. The number of ether oxygens (including phenoxy) is 1. The molecule has 2 N–H and O–H groups in total. The van der Waals surface area contributed by atoms with Gasteiger partial charge in [-0.2, -0.15) is 4.98 Å². The molecule has 1 aromatic heterocycles. The molecule has 0 aromatic carbocycles. The van der Waals surface area contributed by atoms with E-state index in [-0.39, 0.29) is 11.9 Å². The Hall–Kier alpha value is -1.89. The van der Waals surface area contributed by atoms with Crippen molar-refractivity contribution in [3.63, 3.8) is 0 Å². The van der Waals surface area contributed by atoms with Gasteiger partial charge in [-0.25, -0.2) is 4.98 Å². The number of hydrogen-bond acceptors (Lipinski definition) is 6. The maximum Gasteiger partial charge on any atom is 0.234 e. The van der Waals surface area contributed by atoms with Gasteiger partial charge in [0.1, 0.15) is 0 Å². The molecule has 7 nitrogen and oxygen atoms in total. The van der Waals surface area contributed by atoms with Gasteiger partial charge in [-0.15, -0.1) is 0 Å². The lowest BCUT2D eigenvalue weighted by atomic mass is 10.2. The Morgan fingerprint density at radius 2 is 2.11 bits per heavy atom. The van der Waals surface area contributed by atoms with Gasteiger partial charge in [-0.05, 0) is 6.92 Å². The van der Waals surface area contributed by atoms with E-state index >= 15 is 0 Å². The summed E-state index contributed by atoms with van der Waals surface area (Å²) >= 11 is 0. The van der Waals surface area contributed by atoms with Gasteiger partial charge in [0.2, 0.25) is 17.7 Å². The van der Waals surface area contributed by atoms with Gasteiger partial charge in [-0.1, -0.05) is 0 Å². The van der Waals surface area contributed by atoms with Gasteiger partial charge in [0.25, 0.3) is 0 Å². The minimum Gasteiger partial charge on any atom is -0.481 e. The summed E-state index contributed by atoms with van der Waals surface area (Å²) in [6.45, 7) is 4.91. The highest BCUT2D eigenvalue weighted by Gasteiger charge is 2.25. The number of rotatable bonds is 4. The maximum absolute atomic E-state index is 11.2. The number of piperazine rings is 1. The minimum absolute atomic E-state index is 0.228. The summed E-state index contributed by atoms with van der Waals surface area (Å²) in [5, 5.41) is 0. The number of nitrogens with zero attached hydrogens (tertiary/aromatic N) is 4. The fourth-order valence-corrected chi connectivity index (χ4v) is 2.09. The van der Waals surface area contributed by atoms with Crippen LogP contribution in [-0.2, 0) is 4.79 Å². The molecule has 0 saturated carbocycles. The lowest BCUT2D eigenvalue weighted by Crippen LogP contribution is -2.53. The van der Waals surface area contributed by atoms with Gasteiger partial charge in [-0.3, -0.25) is 9.69 Å². The number of nitrogens with two attached hydrogens (primary N) is 1. The highest BCUT2D eigenvalue weighted by molar-refractivity contribution is 5.79. The summed E-state index contributed by atoms with van der Waals surface area (Å²) < 4.78 is 5.09. The van der Waals surface area contributed by atoms with Crippen molar-refractivity contribution >= 4 is 11.9 Å². The van der Waals surface area contributed by atoms with Gasteiger partial charge >= 0.3 is 0 Å². The van der Waals surface area contributed by atoms with Crippen molar-refractivity contribution < 1.29 is 9.53 Å². The number of anilines is 1. The van der Waals surface area contributed by atoms with Crippen molar-refractivity contribution in [3.05, 3.63) is 12.3 Å². The van der Waals surface area contributed by atoms with E-state index in [1.165, 1.54) is 0 Å². The molecule has 1 amide bonds. The van der Waals surface area contributed by atoms with E-state index in [0.29, 0.717) is 11.8 Å². The third kappa shape index (κ3) is 3.11. The molecule has 1 aliphatic rings. The summed E-state index contributed by atoms with van der Waals surface area (Å²) in [5.41, 5.74) is 5.32. The van der Waals surface area contributed by atoms with Crippen molar-refractivity contribution in [2.45, 2.75) is 13.0 Å². The molecule has 0 radical (unpaired) electrons. The Balaban J connectivity index is 1.97. The second-order valence-corrected chi connectivity index (χ2v) is 4.50. The monoisotopic (exact) mass is 265 g/mol. The lowest BCUT2D eigenvalue weighted by molar-refractivity contribution is -0.122. The summed E-state index contributed by atoms with van der Waals surface area (Å²) in [6.07, 6.45) is 1.68. The van der Waals surface area contributed by atoms with Crippen molar-refractivity contribution in [2.75, 3.05) is 38.2 Å². The molecular formula is C12H19N5O2. The molecule has 1 fully saturated rings. The predicted molar refractivity (Wildman–Crippen MR) is 71.0 cm³/mol. The number of amides is 1. The number of hydrogen-bond donors (Lipinski definition) is 1. The van der Waals surface area contributed by atoms with Crippen LogP contribution < -0.4 is 15.4 Å². The predicted octanol–water partition coefficient (Wildman–Crippen LogP) is -0.519. The molecule has 0 bridgehead atoms. The van der Waals surface area contributed by atoms with Crippen molar-refractivity contribution in [1.82, 2.24) is 14.9 Å². The van der Waals surface area contributed by atoms with E-state index in [1.807, 2.05) is 6.92 Å². The number of primary amides is 1. The van der Waals surface area contributed by atoms with E-state index in [0.717, 1.165) is 26.2 Å². The molecule has 1 aromatic rings. The molecule has 104 valence electrons. The zero-order valence-corrected chi connectivity index (χ0v) is 11.2. The van der Waals surface area contributed by atoms with E-state index < -0.39 is 0 Å². The Morgan fingerprint density at radius 1 is 1.42 bits per heavy atom. The molecule has 0 unspecified atom stereocenters. The second kappa shape index (κ2) is 5.83. The van der Waals surface area contributed by atoms with Gasteiger partial charge in [0, 0.05) is 38.4 Å². The summed E-state index contributed by atoms with van der Waals surface area (Å²) in [7, 11) is 1.58. The Bertz CT molecular complexity index is 446. The first-order valence-corrected chi connectivity index (χ1v) is 6.27. The third-order valence-electron chi connectivity index (χ3n) is 3.38. The molecule has 2 rings (SSSR count). The van der Waals surface area contributed by atoms with Crippen molar-refractivity contribution in [1.29, 1.82) is 0 Å². The average Bonchev–Trinajstić information content (AvgIpc) is 2.46. The average molecular weight is 265 g/mol. The molecule has 19 heavy (non-hydrogen) atoms. The standard InChI is InChI=1S/C12H19N5O2/c1-9(11(13)18)16-5-7-17(8-6-16)12-14-4-3-10(15-12)19-2/h3-4,9H,5-8H2,1-2H3,(H2,13,18)/t9-/m0/s1. The highest BCUT2D eigenvalue weighted by atomic mass is 16.5. The van der Waals surface area contributed by atoms with Gasteiger partial charge in [0.05, 0.1) is 13.2 Å². The molecule has 0 spiro atoms. The quantitative estimate of drug-likeness (QED) is 0.788. The third-order valence-corrected chi connectivity index (χ3v) is 3.38. The van der Waals surface area contributed by atoms with E-state index in [9.17, 15) is 4.79 Å². The number of carbonyl (C=O) groups is 1. The first-order chi connectivity index (χ1) is 9.11. The van der Waals surface area contributed by atoms with Crippen LogP contribution in [-0.4, -0.2) is 60.1 Å². The minimum atomic E-state index is -0.286. The van der Waals surface area contributed by atoms with E-state index in [2.05, 4.69) is 19.8 Å². The van der Waals surface area contributed by atoms with Crippen LogP contribution in [0.25, 0.3) is 0 Å². The van der Waals surface area contributed by atoms with Crippen LogP contribution in [0.2, 0.25) is 0 Å². The van der Waals surface area contributed by atoms with Crippen LogP contribution in [0.4, 0.5) is 5.95 Å². The van der Waals surface area contributed by atoms with Crippen LogP contribution in [0.5, 0.6) is 5.88 Å².